The minimum atomic E-state index is 0.479. The van der Waals surface area contributed by atoms with Crippen LogP contribution in [0.25, 0.3) is 11.3 Å². The number of aromatic nitrogens is 2. The van der Waals surface area contributed by atoms with Crippen molar-refractivity contribution in [3.63, 3.8) is 0 Å². The highest BCUT2D eigenvalue weighted by Crippen LogP contribution is 2.20. The van der Waals surface area contributed by atoms with E-state index in [1.54, 1.807) is 0 Å². The molecule has 2 aromatic rings. The smallest absolute Gasteiger partial charge is 0.151 e. The van der Waals surface area contributed by atoms with Gasteiger partial charge in [0.1, 0.15) is 0 Å². The number of hydrogen-bond donors (Lipinski definition) is 0. The van der Waals surface area contributed by atoms with Gasteiger partial charge < -0.3 is 4.90 Å². The van der Waals surface area contributed by atoms with Crippen molar-refractivity contribution in [2.45, 2.75) is 6.42 Å². The molecule has 0 amide bonds. The van der Waals surface area contributed by atoms with Crippen molar-refractivity contribution in [1.82, 2.24) is 10.2 Å². The molecule has 0 aliphatic rings. The van der Waals surface area contributed by atoms with Crippen molar-refractivity contribution in [3.05, 3.63) is 40.9 Å². The Morgan fingerprint density at radius 3 is 2.47 bits per heavy atom. The van der Waals surface area contributed by atoms with Gasteiger partial charge in [-0.15, -0.1) is 10.2 Å². The van der Waals surface area contributed by atoms with E-state index in [0.717, 1.165) is 21.5 Å². The van der Waals surface area contributed by atoms with E-state index < -0.39 is 0 Å². The first-order valence-corrected chi connectivity index (χ1v) is 6.68. The van der Waals surface area contributed by atoms with E-state index in [1.165, 1.54) is 0 Å². The predicted molar refractivity (Wildman–Crippen MR) is 78.7 cm³/mol. The van der Waals surface area contributed by atoms with Gasteiger partial charge in [-0.25, -0.2) is 0 Å². The van der Waals surface area contributed by atoms with E-state index in [9.17, 15) is 0 Å². The zero-order valence-electron chi connectivity index (χ0n) is 10.5. The van der Waals surface area contributed by atoms with Crippen molar-refractivity contribution < 1.29 is 0 Å². The lowest BCUT2D eigenvalue weighted by Crippen LogP contribution is -2.19. The Morgan fingerprint density at radius 2 is 1.89 bits per heavy atom. The molecule has 1 heterocycles. The largest absolute Gasteiger partial charge is 0.357 e. The van der Waals surface area contributed by atoms with E-state index in [4.69, 9.17) is 5.26 Å². The first-order valence-electron chi connectivity index (χ1n) is 5.88. The number of anilines is 1. The maximum Gasteiger partial charge on any atom is 0.151 e. The summed E-state index contributed by atoms with van der Waals surface area (Å²) in [6, 6.07) is 13.9. The molecule has 0 saturated carbocycles. The van der Waals surface area contributed by atoms with Gasteiger partial charge in [0.05, 0.1) is 18.2 Å². The molecular formula is C14H13BrN4. The van der Waals surface area contributed by atoms with E-state index in [0.29, 0.717) is 13.0 Å². The van der Waals surface area contributed by atoms with Gasteiger partial charge in [-0.05, 0) is 24.3 Å². The topological polar surface area (TPSA) is 52.8 Å². The summed E-state index contributed by atoms with van der Waals surface area (Å²) < 4.78 is 1.04. The lowest BCUT2D eigenvalue weighted by Gasteiger charge is -2.15. The van der Waals surface area contributed by atoms with Crippen LogP contribution < -0.4 is 4.90 Å². The van der Waals surface area contributed by atoms with Gasteiger partial charge in [0.25, 0.3) is 0 Å². The highest BCUT2D eigenvalue weighted by Gasteiger charge is 2.04. The number of benzene rings is 1. The van der Waals surface area contributed by atoms with Gasteiger partial charge in [0.15, 0.2) is 5.82 Å². The van der Waals surface area contributed by atoms with Gasteiger partial charge >= 0.3 is 0 Å². The molecule has 0 atom stereocenters. The fraction of sp³-hybridized carbons (Fsp3) is 0.214. The third kappa shape index (κ3) is 3.52. The van der Waals surface area contributed by atoms with Gasteiger partial charge in [-0.3, -0.25) is 0 Å². The molecule has 0 spiro atoms. The quantitative estimate of drug-likeness (QED) is 0.868. The minimum Gasteiger partial charge on any atom is -0.357 e. The molecule has 0 unspecified atom stereocenters. The van der Waals surface area contributed by atoms with Crippen LogP contribution in [0.15, 0.2) is 40.9 Å². The highest BCUT2D eigenvalue weighted by atomic mass is 79.9. The molecule has 0 bridgehead atoms. The molecule has 1 aromatic heterocycles. The molecule has 0 saturated heterocycles. The monoisotopic (exact) mass is 316 g/mol. The number of rotatable bonds is 4. The summed E-state index contributed by atoms with van der Waals surface area (Å²) in [6.45, 7) is 0.656. The Kier molecular flexibility index (Phi) is 4.48. The fourth-order valence-corrected chi connectivity index (χ4v) is 1.90. The summed E-state index contributed by atoms with van der Waals surface area (Å²) in [5.74, 6) is 0.774. The second-order valence-corrected chi connectivity index (χ2v) is 5.03. The summed E-state index contributed by atoms with van der Waals surface area (Å²) in [5, 5.41) is 17.0. The maximum atomic E-state index is 8.56. The van der Waals surface area contributed by atoms with Crippen LogP contribution in [0.3, 0.4) is 0 Å². The molecule has 19 heavy (non-hydrogen) atoms. The van der Waals surface area contributed by atoms with Gasteiger partial charge in [0, 0.05) is 23.6 Å². The van der Waals surface area contributed by atoms with Crippen LogP contribution in [0.5, 0.6) is 0 Å². The number of nitriles is 1. The van der Waals surface area contributed by atoms with Gasteiger partial charge in [-0.1, -0.05) is 28.1 Å². The Bertz CT molecular complexity index is 572. The summed E-state index contributed by atoms with van der Waals surface area (Å²) >= 11 is 3.40. The maximum absolute atomic E-state index is 8.56. The van der Waals surface area contributed by atoms with Crippen LogP contribution >= 0.6 is 15.9 Å². The second kappa shape index (κ2) is 6.30. The molecule has 0 aliphatic carbocycles. The number of halogens is 1. The summed E-state index contributed by atoms with van der Waals surface area (Å²) in [4.78, 5) is 1.92. The van der Waals surface area contributed by atoms with Crippen molar-refractivity contribution >= 4 is 21.7 Å². The van der Waals surface area contributed by atoms with Crippen LogP contribution in [0.2, 0.25) is 0 Å². The molecule has 0 fully saturated rings. The van der Waals surface area contributed by atoms with E-state index in [1.807, 2.05) is 48.3 Å². The SMILES string of the molecule is CN(CCC#N)c1ccc(-c2ccc(Br)cc2)nn1. The predicted octanol–water partition coefficient (Wildman–Crippen LogP) is 3.26. The van der Waals surface area contributed by atoms with Gasteiger partial charge in [-0.2, -0.15) is 5.26 Å². The zero-order chi connectivity index (χ0) is 13.7. The first-order chi connectivity index (χ1) is 9.20. The minimum absolute atomic E-state index is 0.479. The molecule has 2 rings (SSSR count). The normalized spacial score (nSPS) is 9.95. The summed E-state index contributed by atoms with van der Waals surface area (Å²) in [5.41, 5.74) is 1.87. The first kappa shape index (κ1) is 13.5. The Labute approximate surface area is 120 Å². The Hall–Kier alpha value is -1.93. The van der Waals surface area contributed by atoms with Crippen LogP contribution in [-0.4, -0.2) is 23.8 Å². The van der Waals surface area contributed by atoms with Gasteiger partial charge in [0.2, 0.25) is 0 Å². The van der Waals surface area contributed by atoms with Crippen molar-refractivity contribution in [3.8, 4) is 17.3 Å². The Morgan fingerprint density at radius 1 is 1.16 bits per heavy atom. The third-order valence-corrected chi connectivity index (χ3v) is 3.27. The van der Waals surface area contributed by atoms with E-state index >= 15 is 0 Å². The van der Waals surface area contributed by atoms with Crippen LogP contribution in [-0.2, 0) is 0 Å². The highest BCUT2D eigenvalue weighted by molar-refractivity contribution is 9.10. The van der Waals surface area contributed by atoms with E-state index in [-0.39, 0.29) is 0 Å². The third-order valence-electron chi connectivity index (χ3n) is 2.74. The molecule has 0 N–H and O–H groups in total. The molecule has 1 aromatic carbocycles. The standard InChI is InChI=1S/C14H13BrN4/c1-19(10-2-9-16)14-8-7-13(17-18-14)11-3-5-12(15)6-4-11/h3-8H,2,10H2,1H3. The summed E-state index contributed by atoms with van der Waals surface area (Å²) in [6.07, 6.45) is 0.479. The molecule has 96 valence electrons. The van der Waals surface area contributed by atoms with Crippen LogP contribution in [0.4, 0.5) is 5.82 Å². The summed E-state index contributed by atoms with van der Waals surface area (Å²) in [7, 11) is 1.90. The van der Waals surface area contributed by atoms with E-state index in [2.05, 4.69) is 32.2 Å². The van der Waals surface area contributed by atoms with Crippen LogP contribution in [0, 0.1) is 11.3 Å². The molecule has 5 heteroatoms. The van der Waals surface area contributed by atoms with Crippen molar-refractivity contribution in [2.75, 3.05) is 18.5 Å². The zero-order valence-corrected chi connectivity index (χ0v) is 12.1. The Balaban J connectivity index is 2.14. The average Bonchev–Trinajstić information content (AvgIpc) is 2.46. The molecular weight excluding hydrogens is 304 g/mol. The second-order valence-electron chi connectivity index (χ2n) is 4.11. The van der Waals surface area contributed by atoms with Crippen LogP contribution in [0.1, 0.15) is 6.42 Å². The van der Waals surface area contributed by atoms with Crippen molar-refractivity contribution in [2.24, 2.45) is 0 Å². The molecule has 4 nitrogen and oxygen atoms in total. The number of nitrogens with zero attached hydrogens (tertiary/aromatic N) is 4. The fourth-order valence-electron chi connectivity index (χ4n) is 1.64. The lowest BCUT2D eigenvalue weighted by molar-refractivity contribution is 0.860. The average molecular weight is 317 g/mol. The number of hydrogen-bond acceptors (Lipinski definition) is 4. The lowest BCUT2D eigenvalue weighted by atomic mass is 10.1. The molecule has 0 radical (unpaired) electrons. The van der Waals surface area contributed by atoms with Crippen molar-refractivity contribution in [1.29, 1.82) is 5.26 Å². The molecule has 0 aliphatic heterocycles.